The van der Waals surface area contributed by atoms with Crippen molar-refractivity contribution in [1.82, 2.24) is 0 Å². The van der Waals surface area contributed by atoms with Crippen molar-refractivity contribution in [3.8, 4) is 0 Å². The molecule has 0 bridgehead atoms. The molecule has 0 saturated heterocycles. The number of hydrogen-bond acceptors (Lipinski definition) is 0. The Kier molecular flexibility index (Phi) is 7.55. The van der Waals surface area contributed by atoms with Gasteiger partial charge in [-0.15, -0.1) is 0 Å². The number of rotatable bonds is 5. The van der Waals surface area contributed by atoms with Gasteiger partial charge in [0.15, 0.2) is 0 Å². The Labute approximate surface area is 193 Å². The smallest absolute Gasteiger partial charge is 0.116 e. The fourth-order valence-electron chi connectivity index (χ4n) is 3.69. The molecule has 0 unspecified atom stereocenters. The van der Waals surface area contributed by atoms with Crippen LogP contribution >= 0.6 is 30.5 Å². The van der Waals surface area contributed by atoms with Crippen LogP contribution in [0.2, 0.25) is 10.0 Å². The molecule has 4 rings (SSSR count). The summed E-state index contributed by atoms with van der Waals surface area (Å²) in [5, 5.41) is 5.48. The highest BCUT2D eigenvalue weighted by molar-refractivity contribution is 7.95. The van der Waals surface area contributed by atoms with E-state index < -0.39 is 7.26 Å². The van der Waals surface area contributed by atoms with Gasteiger partial charge in [0.25, 0.3) is 0 Å². The van der Waals surface area contributed by atoms with E-state index >= 15 is 0 Å². The highest BCUT2D eigenvalue weighted by Gasteiger charge is 2.45. The van der Waals surface area contributed by atoms with Crippen LogP contribution in [0.4, 0.5) is 0 Å². The highest BCUT2D eigenvalue weighted by atomic mass is 79.9. The quantitative estimate of drug-likeness (QED) is 0.367. The lowest BCUT2D eigenvalue weighted by atomic mass is 10.2. The van der Waals surface area contributed by atoms with E-state index in [0.29, 0.717) is 5.02 Å². The molecule has 0 aliphatic carbocycles. The molecule has 0 amide bonds. The topological polar surface area (TPSA) is 0 Å². The summed E-state index contributed by atoms with van der Waals surface area (Å²) in [6.07, 6.45) is 0.824. The predicted molar refractivity (Wildman–Crippen MR) is 125 cm³/mol. The van der Waals surface area contributed by atoms with E-state index in [9.17, 15) is 0 Å². The number of benzene rings is 4. The zero-order chi connectivity index (χ0) is 19.4. The first kappa shape index (κ1) is 22.1. The first-order valence-corrected chi connectivity index (χ1v) is 11.9. The van der Waals surface area contributed by atoms with Gasteiger partial charge in [-0.3, -0.25) is 0 Å². The molecule has 29 heavy (non-hydrogen) atoms. The maximum atomic E-state index is 6.62. The van der Waals surface area contributed by atoms with Gasteiger partial charge in [0.1, 0.15) is 23.2 Å². The fourth-order valence-corrected chi connectivity index (χ4v) is 8.42. The van der Waals surface area contributed by atoms with Gasteiger partial charge in [0.2, 0.25) is 0 Å². The van der Waals surface area contributed by atoms with Crippen LogP contribution in [-0.4, -0.2) is 0 Å². The molecule has 0 saturated carbocycles. The zero-order valence-corrected chi connectivity index (χ0v) is 19.7. The molecule has 146 valence electrons. The van der Waals surface area contributed by atoms with E-state index in [1.165, 1.54) is 15.9 Å². The maximum Gasteiger partial charge on any atom is 0.116 e. The lowest BCUT2D eigenvalue weighted by molar-refractivity contribution is -0.00000524. The first-order chi connectivity index (χ1) is 13.7. The van der Waals surface area contributed by atoms with Gasteiger partial charge < -0.3 is 17.0 Å². The molecule has 4 aromatic rings. The summed E-state index contributed by atoms with van der Waals surface area (Å²) >= 11 is 13.0. The predicted octanol–water partition coefficient (Wildman–Crippen LogP) is 3.49. The Morgan fingerprint density at radius 3 is 1.38 bits per heavy atom. The van der Waals surface area contributed by atoms with E-state index in [1.807, 2.05) is 18.2 Å². The fraction of sp³-hybridized carbons (Fsp3) is 0.0400. The first-order valence-electron chi connectivity index (χ1n) is 9.19. The Balaban J connectivity index is 0.00000240. The van der Waals surface area contributed by atoms with Crippen LogP contribution in [0.5, 0.6) is 0 Å². The van der Waals surface area contributed by atoms with Crippen LogP contribution < -0.4 is 32.9 Å². The molecular weight excluding hydrogens is 482 g/mol. The average Bonchev–Trinajstić information content (AvgIpc) is 2.76. The van der Waals surface area contributed by atoms with Gasteiger partial charge in [-0.25, -0.2) is 0 Å². The minimum atomic E-state index is -1.97. The normalized spacial score (nSPS) is 11.0. The van der Waals surface area contributed by atoms with E-state index in [1.54, 1.807) is 0 Å². The van der Waals surface area contributed by atoms with Gasteiger partial charge >= 0.3 is 0 Å². The Hall–Kier alpha value is -1.63. The second-order valence-electron chi connectivity index (χ2n) is 6.71. The van der Waals surface area contributed by atoms with Gasteiger partial charge in [-0.05, 0) is 54.6 Å². The Morgan fingerprint density at radius 2 is 0.966 bits per heavy atom. The van der Waals surface area contributed by atoms with Crippen LogP contribution in [0, 0.1) is 0 Å². The molecule has 0 atom stereocenters. The molecule has 0 aliphatic rings. The van der Waals surface area contributed by atoms with Crippen molar-refractivity contribution in [3.63, 3.8) is 0 Å². The summed E-state index contributed by atoms with van der Waals surface area (Å²) in [6.45, 7) is 0. The maximum absolute atomic E-state index is 6.62. The largest absolute Gasteiger partial charge is 1.00 e. The average molecular weight is 502 g/mol. The summed E-state index contributed by atoms with van der Waals surface area (Å²) < 4.78 is 0. The minimum absolute atomic E-state index is 0. The van der Waals surface area contributed by atoms with Crippen molar-refractivity contribution >= 4 is 46.4 Å². The van der Waals surface area contributed by atoms with E-state index in [-0.39, 0.29) is 17.0 Å². The zero-order valence-electron chi connectivity index (χ0n) is 15.7. The summed E-state index contributed by atoms with van der Waals surface area (Å²) in [4.78, 5) is 0. The third-order valence-electron chi connectivity index (χ3n) is 5.01. The molecule has 4 heteroatoms. The Bertz CT molecular complexity index is 957. The van der Waals surface area contributed by atoms with E-state index in [4.69, 9.17) is 23.2 Å². The summed E-state index contributed by atoms with van der Waals surface area (Å²) in [5.74, 6) is 0. The van der Waals surface area contributed by atoms with Crippen molar-refractivity contribution in [2.75, 3.05) is 0 Å². The van der Waals surface area contributed by atoms with Crippen LogP contribution in [0.1, 0.15) is 5.56 Å². The molecule has 0 radical (unpaired) electrons. The van der Waals surface area contributed by atoms with Gasteiger partial charge in [0, 0.05) is 15.6 Å². The molecule has 4 aromatic carbocycles. The third-order valence-corrected chi connectivity index (χ3v) is 9.96. The molecule has 0 nitrogen and oxygen atoms in total. The van der Waals surface area contributed by atoms with E-state index in [0.717, 1.165) is 16.7 Å². The lowest BCUT2D eigenvalue weighted by Gasteiger charge is -2.28. The molecule has 0 aromatic heterocycles. The molecule has 0 heterocycles. The number of hydrogen-bond donors (Lipinski definition) is 0. The van der Waals surface area contributed by atoms with Crippen molar-refractivity contribution in [2.45, 2.75) is 6.16 Å². The van der Waals surface area contributed by atoms with Crippen LogP contribution in [0.25, 0.3) is 0 Å². The van der Waals surface area contributed by atoms with Crippen molar-refractivity contribution < 1.29 is 17.0 Å². The molecule has 0 N–H and O–H groups in total. The van der Waals surface area contributed by atoms with Crippen molar-refractivity contribution in [1.29, 1.82) is 0 Å². The highest BCUT2D eigenvalue weighted by Crippen LogP contribution is 2.58. The summed E-state index contributed by atoms with van der Waals surface area (Å²) in [6, 6.07) is 38.1. The summed E-state index contributed by atoms with van der Waals surface area (Å²) in [7, 11) is -1.97. The second kappa shape index (κ2) is 9.92. The van der Waals surface area contributed by atoms with Crippen LogP contribution in [0.15, 0.2) is 109 Å². The monoisotopic (exact) mass is 500 g/mol. The van der Waals surface area contributed by atoms with Gasteiger partial charge in [0.05, 0.1) is 6.16 Å². The minimum Gasteiger partial charge on any atom is -1.00 e. The molecule has 0 aliphatic heterocycles. The second-order valence-corrected chi connectivity index (χ2v) is 11.0. The molecular formula is C25H20BrCl2P. The lowest BCUT2D eigenvalue weighted by Crippen LogP contribution is -3.00. The standard InChI is InChI=1S/C25H20Cl2P.BrH/c26-21-16-17-25(27)20(18-21)19-28(22-10-4-1-5-11-22,23-12-6-2-7-13-23)24-14-8-3-9-15-24;/h1-18H,19H2;1H/q+1;/p-1. The van der Waals surface area contributed by atoms with Crippen LogP contribution in [-0.2, 0) is 6.16 Å². The van der Waals surface area contributed by atoms with Gasteiger partial charge in [-0.2, -0.15) is 0 Å². The van der Waals surface area contributed by atoms with Gasteiger partial charge in [-0.1, -0.05) is 77.8 Å². The van der Waals surface area contributed by atoms with E-state index in [2.05, 4.69) is 91.0 Å². The van der Waals surface area contributed by atoms with Crippen molar-refractivity contribution in [2.24, 2.45) is 0 Å². The Morgan fingerprint density at radius 1 is 0.552 bits per heavy atom. The number of halogens is 3. The molecule has 0 spiro atoms. The van der Waals surface area contributed by atoms with Crippen molar-refractivity contribution in [3.05, 3.63) is 125 Å². The van der Waals surface area contributed by atoms with Crippen LogP contribution in [0.3, 0.4) is 0 Å². The summed E-state index contributed by atoms with van der Waals surface area (Å²) in [5.41, 5.74) is 1.08. The SMILES string of the molecule is Clc1ccc(Cl)c(C[P+](c2ccccc2)(c2ccccc2)c2ccccc2)c1.[Br-]. The molecule has 0 fully saturated rings. The third kappa shape index (κ3) is 4.60.